The molecule has 1 heterocycles. The van der Waals surface area contributed by atoms with Gasteiger partial charge in [-0.15, -0.1) is 0 Å². The van der Waals surface area contributed by atoms with Crippen LogP contribution in [-0.2, 0) is 6.54 Å². The maximum atomic E-state index is 5.96. The average molecular weight is 277 g/mol. The normalized spacial score (nSPS) is 10.5. The minimum atomic E-state index is 0.663. The molecular weight excluding hydrogens is 260 g/mol. The van der Waals surface area contributed by atoms with Crippen LogP contribution in [0.1, 0.15) is 18.2 Å². The monoisotopic (exact) mass is 276 g/mol. The Morgan fingerprint density at radius 1 is 1.32 bits per heavy atom. The molecule has 4 heteroatoms. The van der Waals surface area contributed by atoms with Crippen LogP contribution in [0, 0.1) is 6.92 Å². The third-order valence-corrected chi connectivity index (χ3v) is 2.90. The molecule has 0 saturated carbocycles. The molecule has 0 radical (unpaired) electrons. The highest BCUT2D eigenvalue weighted by molar-refractivity contribution is 6.30. The van der Waals surface area contributed by atoms with Crippen LogP contribution in [0.2, 0.25) is 5.02 Å². The summed E-state index contributed by atoms with van der Waals surface area (Å²) in [4.78, 5) is 4.31. The van der Waals surface area contributed by atoms with Crippen molar-refractivity contribution in [3.8, 4) is 11.5 Å². The van der Waals surface area contributed by atoms with Gasteiger partial charge in [-0.25, -0.2) is 0 Å². The number of nitrogens with zero attached hydrogens (tertiary/aromatic N) is 1. The van der Waals surface area contributed by atoms with Crippen molar-refractivity contribution >= 4 is 11.6 Å². The van der Waals surface area contributed by atoms with Crippen LogP contribution in [0.15, 0.2) is 36.5 Å². The van der Waals surface area contributed by atoms with Crippen LogP contribution in [0.4, 0.5) is 0 Å². The average Bonchev–Trinajstić information content (AvgIpc) is 2.38. The lowest BCUT2D eigenvalue weighted by Crippen LogP contribution is -2.12. The maximum absolute atomic E-state index is 5.96. The van der Waals surface area contributed by atoms with Crippen molar-refractivity contribution in [3.05, 3.63) is 52.8 Å². The summed E-state index contributed by atoms with van der Waals surface area (Å²) >= 11 is 5.96. The summed E-state index contributed by atoms with van der Waals surface area (Å²) in [5, 5.41) is 3.94. The van der Waals surface area contributed by atoms with Crippen molar-refractivity contribution in [2.75, 3.05) is 6.54 Å². The second-order valence-corrected chi connectivity index (χ2v) is 4.71. The molecule has 0 atom stereocenters. The Labute approximate surface area is 118 Å². The van der Waals surface area contributed by atoms with Crippen LogP contribution in [0.3, 0.4) is 0 Å². The van der Waals surface area contributed by atoms with Crippen molar-refractivity contribution in [2.45, 2.75) is 20.4 Å². The van der Waals surface area contributed by atoms with E-state index in [0.29, 0.717) is 5.02 Å². The lowest BCUT2D eigenvalue weighted by molar-refractivity contribution is 0.471. The molecule has 1 aromatic heterocycles. The third kappa shape index (κ3) is 3.94. The molecule has 0 amide bonds. The van der Waals surface area contributed by atoms with Gasteiger partial charge in [0.1, 0.15) is 11.5 Å². The molecule has 100 valence electrons. The van der Waals surface area contributed by atoms with E-state index in [1.54, 1.807) is 6.07 Å². The summed E-state index contributed by atoms with van der Waals surface area (Å²) in [5.41, 5.74) is 1.96. The number of hydrogen-bond acceptors (Lipinski definition) is 3. The molecular formula is C15H17ClN2O. The highest BCUT2D eigenvalue weighted by Gasteiger charge is 2.06. The number of aromatic nitrogens is 1. The molecule has 2 rings (SSSR count). The van der Waals surface area contributed by atoms with E-state index in [0.717, 1.165) is 35.8 Å². The van der Waals surface area contributed by atoms with Gasteiger partial charge in [0.2, 0.25) is 0 Å². The third-order valence-electron chi connectivity index (χ3n) is 2.67. The predicted molar refractivity (Wildman–Crippen MR) is 77.9 cm³/mol. The van der Waals surface area contributed by atoms with Gasteiger partial charge >= 0.3 is 0 Å². The van der Waals surface area contributed by atoms with Gasteiger partial charge in [-0.1, -0.05) is 24.6 Å². The Morgan fingerprint density at radius 3 is 2.89 bits per heavy atom. The van der Waals surface area contributed by atoms with Gasteiger partial charge in [0, 0.05) is 35.1 Å². The van der Waals surface area contributed by atoms with Crippen LogP contribution in [0.25, 0.3) is 0 Å². The molecule has 1 aromatic carbocycles. The lowest BCUT2D eigenvalue weighted by atomic mass is 10.2. The first-order valence-corrected chi connectivity index (χ1v) is 6.66. The van der Waals surface area contributed by atoms with Crippen LogP contribution in [-0.4, -0.2) is 11.5 Å². The number of hydrogen-bond donors (Lipinski definition) is 1. The molecule has 0 fully saturated rings. The van der Waals surface area contributed by atoms with Gasteiger partial charge in [-0.3, -0.25) is 4.98 Å². The Bertz CT molecular complexity index is 558. The molecule has 0 aliphatic carbocycles. The zero-order chi connectivity index (χ0) is 13.7. The summed E-state index contributed by atoms with van der Waals surface area (Å²) in [6.07, 6.45) is 1.85. The smallest absolute Gasteiger partial charge is 0.135 e. The number of ether oxygens (including phenoxy) is 1. The molecule has 0 bridgehead atoms. The summed E-state index contributed by atoms with van der Waals surface area (Å²) in [5.74, 6) is 1.55. The molecule has 0 aliphatic rings. The second kappa shape index (κ2) is 6.55. The molecule has 0 aliphatic heterocycles. The summed E-state index contributed by atoms with van der Waals surface area (Å²) in [6, 6.07) is 9.32. The van der Waals surface area contributed by atoms with E-state index in [-0.39, 0.29) is 0 Å². The number of pyridine rings is 1. The summed E-state index contributed by atoms with van der Waals surface area (Å²) in [7, 11) is 0. The Kier molecular flexibility index (Phi) is 4.77. The molecule has 19 heavy (non-hydrogen) atoms. The van der Waals surface area contributed by atoms with Crippen LogP contribution in [0.5, 0.6) is 11.5 Å². The minimum Gasteiger partial charge on any atom is -0.457 e. The van der Waals surface area contributed by atoms with Gasteiger partial charge in [0.25, 0.3) is 0 Å². The van der Waals surface area contributed by atoms with Crippen molar-refractivity contribution in [1.82, 2.24) is 10.3 Å². The second-order valence-electron chi connectivity index (χ2n) is 4.27. The standard InChI is InChI=1S/C15H17ClN2O/c1-3-17-9-12-10-18-11(2)7-15(12)19-14-6-4-5-13(16)8-14/h4-8,10,17H,3,9H2,1-2H3. The maximum Gasteiger partial charge on any atom is 0.135 e. The van der Waals surface area contributed by atoms with E-state index in [1.165, 1.54) is 0 Å². The first-order valence-electron chi connectivity index (χ1n) is 6.28. The van der Waals surface area contributed by atoms with Crippen LogP contribution >= 0.6 is 11.6 Å². The topological polar surface area (TPSA) is 34.2 Å². The lowest BCUT2D eigenvalue weighted by Gasteiger charge is -2.12. The fraction of sp³-hybridized carbons (Fsp3) is 0.267. The summed E-state index contributed by atoms with van der Waals surface area (Å²) < 4.78 is 5.90. The molecule has 1 N–H and O–H groups in total. The first-order chi connectivity index (χ1) is 9.19. The first kappa shape index (κ1) is 13.8. The highest BCUT2D eigenvalue weighted by Crippen LogP contribution is 2.27. The predicted octanol–water partition coefficient (Wildman–Crippen LogP) is 3.95. The minimum absolute atomic E-state index is 0.663. The van der Waals surface area contributed by atoms with Crippen molar-refractivity contribution in [2.24, 2.45) is 0 Å². The zero-order valence-corrected chi connectivity index (χ0v) is 11.9. The Balaban J connectivity index is 2.24. The molecule has 0 saturated heterocycles. The van der Waals surface area contributed by atoms with Crippen molar-refractivity contribution in [3.63, 3.8) is 0 Å². The SMILES string of the molecule is CCNCc1cnc(C)cc1Oc1cccc(Cl)c1. The van der Waals surface area contributed by atoms with Crippen molar-refractivity contribution in [1.29, 1.82) is 0 Å². The van der Waals surface area contributed by atoms with Gasteiger partial charge in [-0.2, -0.15) is 0 Å². The van der Waals surface area contributed by atoms with E-state index in [2.05, 4.69) is 17.2 Å². The summed E-state index contributed by atoms with van der Waals surface area (Å²) in [6.45, 7) is 5.66. The van der Waals surface area contributed by atoms with Gasteiger partial charge in [0.15, 0.2) is 0 Å². The van der Waals surface area contributed by atoms with Crippen LogP contribution < -0.4 is 10.1 Å². The van der Waals surface area contributed by atoms with Gasteiger partial charge in [-0.05, 0) is 31.7 Å². The Hall–Kier alpha value is -1.58. The highest BCUT2D eigenvalue weighted by atomic mass is 35.5. The number of rotatable bonds is 5. The number of benzene rings is 1. The van der Waals surface area contributed by atoms with Gasteiger partial charge < -0.3 is 10.1 Å². The van der Waals surface area contributed by atoms with E-state index < -0.39 is 0 Å². The quantitative estimate of drug-likeness (QED) is 0.898. The van der Waals surface area contributed by atoms with E-state index in [1.807, 2.05) is 37.4 Å². The largest absolute Gasteiger partial charge is 0.457 e. The molecule has 3 nitrogen and oxygen atoms in total. The zero-order valence-electron chi connectivity index (χ0n) is 11.1. The Morgan fingerprint density at radius 2 is 2.16 bits per heavy atom. The van der Waals surface area contributed by atoms with E-state index >= 15 is 0 Å². The van der Waals surface area contributed by atoms with Crippen molar-refractivity contribution < 1.29 is 4.74 Å². The molecule has 0 unspecified atom stereocenters. The van der Waals surface area contributed by atoms with Gasteiger partial charge in [0.05, 0.1) is 0 Å². The van der Waals surface area contributed by atoms with E-state index in [4.69, 9.17) is 16.3 Å². The molecule has 0 spiro atoms. The van der Waals surface area contributed by atoms with E-state index in [9.17, 15) is 0 Å². The molecule has 2 aromatic rings. The fourth-order valence-corrected chi connectivity index (χ4v) is 1.89. The number of halogens is 1. The number of nitrogens with one attached hydrogen (secondary N) is 1. The number of aryl methyl sites for hydroxylation is 1. The fourth-order valence-electron chi connectivity index (χ4n) is 1.71.